The number of phenols is 2. The lowest BCUT2D eigenvalue weighted by Gasteiger charge is -1.99. The first kappa shape index (κ1) is 24.2. The summed E-state index contributed by atoms with van der Waals surface area (Å²) in [6, 6.07) is 23.6. The van der Waals surface area contributed by atoms with Crippen LogP contribution in [-0.2, 0) is 9.47 Å². The van der Waals surface area contributed by atoms with Crippen LogP contribution in [0.5, 0.6) is 11.5 Å². The molecule has 0 saturated carbocycles. The average molecular weight is 410 g/mol. The van der Waals surface area contributed by atoms with E-state index in [1.165, 1.54) is 24.3 Å². The zero-order valence-corrected chi connectivity index (χ0v) is 17.0. The fourth-order valence-corrected chi connectivity index (χ4v) is 2.03. The quantitative estimate of drug-likeness (QED) is 0.473. The summed E-state index contributed by atoms with van der Waals surface area (Å²) in [4.78, 5) is 22.0. The van der Waals surface area contributed by atoms with Gasteiger partial charge < -0.3 is 19.7 Å². The van der Waals surface area contributed by atoms with Gasteiger partial charge in [-0.15, -0.1) is 0 Å². The molecule has 30 heavy (non-hydrogen) atoms. The molecule has 0 amide bonds. The molecule has 6 heteroatoms. The van der Waals surface area contributed by atoms with Gasteiger partial charge in [-0.1, -0.05) is 36.4 Å². The number of hydrogen-bond acceptors (Lipinski definition) is 6. The molecule has 0 aliphatic carbocycles. The van der Waals surface area contributed by atoms with Crippen molar-refractivity contribution in [3.05, 3.63) is 96.1 Å². The van der Waals surface area contributed by atoms with Crippen LogP contribution < -0.4 is 0 Å². The molecule has 0 bridgehead atoms. The molecule has 0 aliphatic heterocycles. The maximum absolute atomic E-state index is 11.0. The average Bonchev–Trinajstić information content (AvgIpc) is 2.78. The fourth-order valence-electron chi connectivity index (χ4n) is 2.03. The van der Waals surface area contributed by atoms with Gasteiger partial charge in [-0.3, -0.25) is 0 Å². The molecular weight excluding hydrogens is 384 g/mol. The predicted octanol–water partition coefficient (Wildman–Crippen LogP) is 4.82. The van der Waals surface area contributed by atoms with E-state index in [1.807, 2.05) is 36.4 Å². The molecule has 3 aromatic carbocycles. The second-order valence-corrected chi connectivity index (χ2v) is 5.69. The zero-order valence-electron chi connectivity index (χ0n) is 17.0. The van der Waals surface area contributed by atoms with Gasteiger partial charge in [-0.05, 0) is 62.4 Å². The van der Waals surface area contributed by atoms with Gasteiger partial charge in [0, 0.05) is 0 Å². The highest BCUT2D eigenvalue weighted by Crippen LogP contribution is 2.13. The summed E-state index contributed by atoms with van der Waals surface area (Å²) >= 11 is 0. The van der Waals surface area contributed by atoms with Crippen molar-refractivity contribution in [2.45, 2.75) is 13.8 Å². The van der Waals surface area contributed by atoms with Gasteiger partial charge in [0.15, 0.2) is 0 Å². The highest BCUT2D eigenvalue weighted by Gasteiger charge is 2.03. The number of carbonyl (C=O) groups excluding carboxylic acids is 2. The lowest BCUT2D eigenvalue weighted by molar-refractivity contribution is 0.0517. The van der Waals surface area contributed by atoms with Crippen molar-refractivity contribution in [1.29, 1.82) is 0 Å². The molecule has 0 aromatic heterocycles. The van der Waals surface area contributed by atoms with Crippen molar-refractivity contribution in [3.63, 3.8) is 0 Å². The van der Waals surface area contributed by atoms with Gasteiger partial charge in [0.2, 0.25) is 0 Å². The smallest absolute Gasteiger partial charge is 0.338 e. The van der Waals surface area contributed by atoms with E-state index in [0.717, 1.165) is 0 Å². The van der Waals surface area contributed by atoms with Gasteiger partial charge in [-0.2, -0.15) is 0 Å². The number of rotatable bonds is 4. The Morgan fingerprint density at radius 2 is 0.900 bits per heavy atom. The summed E-state index contributed by atoms with van der Waals surface area (Å²) in [6.07, 6.45) is 0. The van der Waals surface area contributed by atoms with E-state index < -0.39 is 0 Å². The van der Waals surface area contributed by atoms with Gasteiger partial charge in [0.05, 0.1) is 24.3 Å². The van der Waals surface area contributed by atoms with Crippen LogP contribution in [0.25, 0.3) is 0 Å². The SMILES string of the molecule is CCOC(=O)c1ccccc1.CCOC(=O)c1ccccc1.Oc1ccc(O)cc1. The van der Waals surface area contributed by atoms with Crippen LogP contribution in [0.3, 0.4) is 0 Å². The lowest BCUT2D eigenvalue weighted by atomic mass is 10.2. The lowest BCUT2D eigenvalue weighted by Crippen LogP contribution is -2.03. The largest absolute Gasteiger partial charge is 0.508 e. The van der Waals surface area contributed by atoms with Gasteiger partial charge in [0.1, 0.15) is 11.5 Å². The van der Waals surface area contributed by atoms with Crippen LogP contribution in [0.1, 0.15) is 34.6 Å². The van der Waals surface area contributed by atoms with Gasteiger partial charge in [0.25, 0.3) is 0 Å². The van der Waals surface area contributed by atoms with E-state index in [1.54, 1.807) is 38.1 Å². The van der Waals surface area contributed by atoms with Gasteiger partial charge in [-0.25, -0.2) is 9.59 Å². The molecule has 6 nitrogen and oxygen atoms in total. The zero-order chi connectivity index (χ0) is 22.2. The van der Waals surface area contributed by atoms with Crippen LogP contribution in [0.4, 0.5) is 0 Å². The molecular formula is C24H26O6. The maximum Gasteiger partial charge on any atom is 0.338 e. The highest BCUT2D eigenvalue weighted by molar-refractivity contribution is 5.89. The number of hydrogen-bond donors (Lipinski definition) is 2. The Labute approximate surface area is 176 Å². The van der Waals surface area contributed by atoms with E-state index in [4.69, 9.17) is 19.7 Å². The third kappa shape index (κ3) is 9.94. The van der Waals surface area contributed by atoms with Crippen LogP contribution in [0, 0.1) is 0 Å². The molecule has 0 heterocycles. The number of esters is 2. The molecule has 2 N–H and O–H groups in total. The van der Waals surface area contributed by atoms with Crippen molar-refractivity contribution >= 4 is 11.9 Å². The summed E-state index contributed by atoms with van der Waals surface area (Å²) in [7, 11) is 0. The molecule has 0 atom stereocenters. The molecule has 0 fully saturated rings. The Balaban J connectivity index is 0.000000228. The first-order valence-electron chi connectivity index (χ1n) is 9.40. The topological polar surface area (TPSA) is 93.1 Å². The molecule has 0 saturated heterocycles. The third-order valence-corrected chi connectivity index (χ3v) is 3.42. The van der Waals surface area contributed by atoms with Crippen LogP contribution >= 0.6 is 0 Å². The number of phenolic OH excluding ortho intramolecular Hbond substituents is 2. The minimum absolute atomic E-state index is 0.169. The Bertz CT molecular complexity index is 787. The van der Waals surface area contributed by atoms with Crippen molar-refractivity contribution < 1.29 is 29.3 Å². The number of carbonyl (C=O) groups is 2. The summed E-state index contributed by atoms with van der Waals surface area (Å²) in [5.41, 5.74) is 1.21. The van der Waals surface area contributed by atoms with E-state index in [2.05, 4.69) is 0 Å². The summed E-state index contributed by atoms with van der Waals surface area (Å²) in [5.74, 6) is -0.174. The Morgan fingerprint density at radius 1 is 0.600 bits per heavy atom. The molecule has 0 unspecified atom stereocenters. The second kappa shape index (κ2) is 14.2. The molecule has 3 rings (SSSR count). The van der Waals surface area contributed by atoms with Crippen LogP contribution in [-0.4, -0.2) is 35.4 Å². The standard InChI is InChI=1S/2C9H10O2.C6H6O2/c2*1-2-11-9(10)8-6-4-3-5-7-8;7-5-1-2-6(8)4-3-5/h2*3-7H,2H2,1H3;1-4,7-8H. The minimum Gasteiger partial charge on any atom is -0.508 e. The Hall–Kier alpha value is -3.80. The van der Waals surface area contributed by atoms with Gasteiger partial charge >= 0.3 is 11.9 Å². The van der Waals surface area contributed by atoms with E-state index >= 15 is 0 Å². The fraction of sp³-hybridized carbons (Fsp3) is 0.167. The van der Waals surface area contributed by atoms with Crippen molar-refractivity contribution in [3.8, 4) is 11.5 Å². The number of benzene rings is 3. The molecule has 0 radical (unpaired) electrons. The normalized spacial score (nSPS) is 9.13. The van der Waals surface area contributed by atoms with E-state index in [-0.39, 0.29) is 23.4 Å². The first-order valence-corrected chi connectivity index (χ1v) is 9.40. The first-order chi connectivity index (χ1) is 14.5. The maximum atomic E-state index is 11.0. The summed E-state index contributed by atoms with van der Waals surface area (Å²) in [5, 5.41) is 17.3. The number of aromatic hydroxyl groups is 2. The summed E-state index contributed by atoms with van der Waals surface area (Å²) in [6.45, 7) is 4.43. The van der Waals surface area contributed by atoms with E-state index in [9.17, 15) is 9.59 Å². The second-order valence-electron chi connectivity index (χ2n) is 5.69. The Kier molecular flexibility index (Phi) is 11.5. The minimum atomic E-state index is -0.256. The van der Waals surface area contributed by atoms with E-state index in [0.29, 0.717) is 24.3 Å². The highest BCUT2D eigenvalue weighted by atomic mass is 16.5. The molecule has 0 aliphatic rings. The van der Waals surface area contributed by atoms with Crippen LogP contribution in [0.15, 0.2) is 84.9 Å². The number of ether oxygens (including phenoxy) is 2. The monoisotopic (exact) mass is 410 g/mol. The molecule has 3 aromatic rings. The molecule has 158 valence electrons. The third-order valence-electron chi connectivity index (χ3n) is 3.42. The van der Waals surface area contributed by atoms with Crippen molar-refractivity contribution in [1.82, 2.24) is 0 Å². The molecule has 0 spiro atoms. The van der Waals surface area contributed by atoms with Crippen LogP contribution in [0.2, 0.25) is 0 Å². The van der Waals surface area contributed by atoms with Crippen molar-refractivity contribution in [2.24, 2.45) is 0 Å². The predicted molar refractivity (Wildman–Crippen MR) is 115 cm³/mol. The van der Waals surface area contributed by atoms with Crippen molar-refractivity contribution in [2.75, 3.05) is 13.2 Å². The summed E-state index contributed by atoms with van der Waals surface area (Å²) < 4.78 is 9.58. The Morgan fingerprint density at radius 3 is 1.17 bits per heavy atom.